The summed E-state index contributed by atoms with van der Waals surface area (Å²) in [5.41, 5.74) is 18.1. The average molecular weight is 857 g/mol. The van der Waals surface area contributed by atoms with Crippen LogP contribution in [0.2, 0.25) is 0 Å². The van der Waals surface area contributed by atoms with Gasteiger partial charge in [-0.15, -0.1) is 0 Å². The predicted molar refractivity (Wildman–Crippen MR) is 280 cm³/mol. The molecular weight excluding hydrogens is 813 g/mol. The molecule has 0 bridgehead atoms. The fraction of sp³-hybridized carbons (Fsp3) is 0.0159. The highest BCUT2D eigenvalue weighted by Crippen LogP contribution is 2.37. The Kier molecular flexibility index (Phi) is 10.2. The number of aromatic nitrogens is 1. The van der Waals surface area contributed by atoms with E-state index in [4.69, 9.17) is 9.98 Å². The average Bonchev–Trinajstić information content (AvgIpc) is 3.75. The number of amidine groups is 2. The third-order valence-electron chi connectivity index (χ3n) is 12.9. The van der Waals surface area contributed by atoms with E-state index in [1.54, 1.807) is 0 Å². The lowest BCUT2D eigenvalue weighted by molar-refractivity contribution is 0.675. The number of hydrogen-bond acceptors (Lipinski definition) is 3. The Morgan fingerprint density at radius 1 is 0.313 bits per heavy atom. The van der Waals surface area contributed by atoms with E-state index in [9.17, 15) is 0 Å². The molecule has 0 spiro atoms. The van der Waals surface area contributed by atoms with Crippen molar-refractivity contribution in [1.29, 1.82) is 0 Å². The molecule has 11 aromatic rings. The normalized spacial score (nSPS) is 13.5. The van der Waals surface area contributed by atoms with Crippen LogP contribution in [0.4, 0.5) is 0 Å². The maximum absolute atomic E-state index is 5.43. The van der Waals surface area contributed by atoms with Crippen molar-refractivity contribution in [3.05, 3.63) is 271 Å². The van der Waals surface area contributed by atoms with E-state index in [-0.39, 0.29) is 0 Å². The second-order valence-electron chi connectivity index (χ2n) is 17.1. The molecule has 12 rings (SSSR count). The Bertz CT molecular complexity index is 3550. The minimum atomic E-state index is -0.400. The van der Waals surface area contributed by atoms with Gasteiger partial charge in [-0.2, -0.15) is 0 Å². The monoisotopic (exact) mass is 856 g/mol. The third-order valence-corrected chi connectivity index (χ3v) is 12.9. The summed E-state index contributed by atoms with van der Waals surface area (Å²) in [7, 11) is 0. The van der Waals surface area contributed by atoms with Crippen molar-refractivity contribution in [3.8, 4) is 61.3 Å². The molecule has 0 radical (unpaired) electrons. The number of nitrogens with one attached hydrogen (secondary N) is 1. The third kappa shape index (κ3) is 7.81. The summed E-state index contributed by atoms with van der Waals surface area (Å²) < 4.78 is 2.39. The number of para-hydroxylation sites is 1. The number of rotatable bonds is 9. The van der Waals surface area contributed by atoms with Crippen LogP contribution in [0, 0.1) is 0 Å². The summed E-state index contributed by atoms with van der Waals surface area (Å²) in [5, 5.41) is 6.14. The lowest BCUT2D eigenvalue weighted by Crippen LogP contribution is -2.33. The second-order valence-corrected chi connectivity index (χ2v) is 17.1. The zero-order chi connectivity index (χ0) is 44.5. The summed E-state index contributed by atoms with van der Waals surface area (Å²) in [6.45, 7) is 0. The van der Waals surface area contributed by atoms with Gasteiger partial charge < -0.3 is 9.88 Å². The Morgan fingerprint density at radius 2 is 0.746 bits per heavy atom. The predicted octanol–water partition coefficient (Wildman–Crippen LogP) is 15.6. The number of hydrogen-bond donors (Lipinski definition) is 1. The van der Waals surface area contributed by atoms with Crippen molar-refractivity contribution < 1.29 is 0 Å². The summed E-state index contributed by atoms with van der Waals surface area (Å²) >= 11 is 0. The van der Waals surface area contributed by atoms with E-state index in [0.717, 1.165) is 61.5 Å². The molecule has 0 saturated carbocycles. The van der Waals surface area contributed by atoms with Crippen LogP contribution in [-0.4, -0.2) is 16.2 Å². The van der Waals surface area contributed by atoms with Gasteiger partial charge in [-0.1, -0.05) is 206 Å². The van der Waals surface area contributed by atoms with Crippen molar-refractivity contribution >= 4 is 33.5 Å². The van der Waals surface area contributed by atoms with Crippen LogP contribution in [0.3, 0.4) is 0 Å². The maximum atomic E-state index is 5.43. The zero-order valence-corrected chi connectivity index (χ0v) is 36.7. The first-order valence-corrected chi connectivity index (χ1v) is 22.8. The van der Waals surface area contributed by atoms with Crippen LogP contribution in [-0.2, 0) is 0 Å². The molecule has 2 heterocycles. The van der Waals surface area contributed by atoms with Crippen LogP contribution >= 0.6 is 0 Å². The summed E-state index contributed by atoms with van der Waals surface area (Å²) in [5.74, 6) is 1.47. The molecule has 0 fully saturated rings. The van der Waals surface area contributed by atoms with Gasteiger partial charge in [0.2, 0.25) is 0 Å². The van der Waals surface area contributed by atoms with E-state index in [1.165, 1.54) is 44.2 Å². The molecule has 67 heavy (non-hydrogen) atoms. The SMILES string of the molecule is c1ccc(C2=NC(c3cc(-c4ccccc4)cc(-c4ccccc4)c3)=NC(c3ccc4c5ccccc5n(-c5ccc(-c6cccc(-c7ccc(-c8ccccc8)cc7)c6)cc5)c4c3)N2)cc1. The molecular formula is C63H44N4. The van der Waals surface area contributed by atoms with Crippen molar-refractivity contribution in [2.45, 2.75) is 6.17 Å². The van der Waals surface area contributed by atoms with Gasteiger partial charge in [0.15, 0.2) is 5.84 Å². The van der Waals surface area contributed by atoms with Crippen LogP contribution in [0.5, 0.6) is 0 Å². The van der Waals surface area contributed by atoms with Crippen molar-refractivity contribution in [2.24, 2.45) is 9.98 Å². The summed E-state index contributed by atoms with van der Waals surface area (Å²) in [4.78, 5) is 10.7. The van der Waals surface area contributed by atoms with E-state index in [2.05, 4.69) is 259 Å². The van der Waals surface area contributed by atoms with Gasteiger partial charge in [0.05, 0.1) is 11.0 Å². The van der Waals surface area contributed by atoms with Gasteiger partial charge in [0.1, 0.15) is 12.0 Å². The molecule has 1 unspecified atom stereocenters. The van der Waals surface area contributed by atoms with Gasteiger partial charge in [-0.3, -0.25) is 0 Å². The van der Waals surface area contributed by atoms with E-state index in [1.807, 2.05) is 6.07 Å². The molecule has 1 atom stereocenters. The van der Waals surface area contributed by atoms with Crippen LogP contribution in [0.15, 0.2) is 265 Å². The second kappa shape index (κ2) is 17.3. The Hall–Kier alpha value is -8.86. The minimum absolute atomic E-state index is 0.400. The van der Waals surface area contributed by atoms with E-state index >= 15 is 0 Å². The molecule has 4 heteroatoms. The van der Waals surface area contributed by atoms with E-state index in [0.29, 0.717) is 5.84 Å². The number of aliphatic imine (C=N–C) groups is 2. The summed E-state index contributed by atoms with van der Waals surface area (Å²) in [6, 6.07) is 90.8. The van der Waals surface area contributed by atoms with Crippen molar-refractivity contribution in [2.75, 3.05) is 0 Å². The van der Waals surface area contributed by atoms with Crippen LogP contribution < -0.4 is 5.32 Å². The molecule has 316 valence electrons. The minimum Gasteiger partial charge on any atom is -0.344 e. The zero-order valence-electron chi connectivity index (χ0n) is 36.7. The van der Waals surface area contributed by atoms with Crippen LogP contribution in [0.1, 0.15) is 22.9 Å². The van der Waals surface area contributed by atoms with Crippen LogP contribution in [0.25, 0.3) is 83.1 Å². The topological polar surface area (TPSA) is 41.7 Å². The molecule has 0 saturated heterocycles. The molecule has 1 aliphatic heterocycles. The molecule has 1 aliphatic rings. The molecule has 0 aliphatic carbocycles. The lowest BCUT2D eigenvalue weighted by atomic mass is 9.95. The van der Waals surface area contributed by atoms with Gasteiger partial charge in [0, 0.05) is 27.6 Å². The standard InChI is InChI=1S/C63H44N4/c1-5-16-43(17-6-1)46-28-30-47(31-29-46)50-24-15-25-51(38-50)48-32-35-56(36-33-48)67-59-27-14-13-26-57(59)58-37-34-52(42-60(58)67)62-64-61(49-22-11-4-12-23-49)65-63(66-62)55-40-53(44-18-7-2-8-19-44)39-54(41-55)45-20-9-3-10-21-45/h1-42,62H,(H,64,65,66). The summed E-state index contributed by atoms with van der Waals surface area (Å²) in [6.07, 6.45) is -0.400. The highest BCUT2D eigenvalue weighted by Gasteiger charge is 2.24. The first kappa shape index (κ1) is 39.7. The largest absolute Gasteiger partial charge is 0.344 e. The molecule has 0 amide bonds. The fourth-order valence-corrected chi connectivity index (χ4v) is 9.45. The first-order valence-electron chi connectivity index (χ1n) is 22.8. The molecule has 10 aromatic carbocycles. The molecule has 1 N–H and O–H groups in total. The van der Waals surface area contributed by atoms with Crippen molar-refractivity contribution in [1.82, 2.24) is 9.88 Å². The quantitative estimate of drug-likeness (QED) is 0.154. The van der Waals surface area contributed by atoms with Gasteiger partial charge in [-0.05, 0) is 110 Å². The highest BCUT2D eigenvalue weighted by atomic mass is 15.2. The number of fused-ring (bicyclic) bond motifs is 3. The Morgan fingerprint density at radius 3 is 1.34 bits per heavy atom. The number of benzene rings is 10. The molecule has 1 aromatic heterocycles. The van der Waals surface area contributed by atoms with E-state index < -0.39 is 6.17 Å². The van der Waals surface area contributed by atoms with Gasteiger partial charge >= 0.3 is 0 Å². The highest BCUT2D eigenvalue weighted by molar-refractivity contribution is 6.14. The van der Waals surface area contributed by atoms with Gasteiger partial charge in [-0.25, -0.2) is 9.98 Å². The Labute approximate surface area is 390 Å². The lowest BCUT2D eigenvalue weighted by Gasteiger charge is -2.24. The maximum Gasteiger partial charge on any atom is 0.159 e. The van der Waals surface area contributed by atoms with Gasteiger partial charge in [0.25, 0.3) is 0 Å². The first-order chi connectivity index (χ1) is 33.2. The molecule has 4 nitrogen and oxygen atoms in total. The smallest absolute Gasteiger partial charge is 0.159 e. The number of nitrogens with zero attached hydrogens (tertiary/aromatic N) is 3. The fourth-order valence-electron chi connectivity index (χ4n) is 9.45. The van der Waals surface area contributed by atoms with Crippen molar-refractivity contribution in [3.63, 3.8) is 0 Å². The Balaban J connectivity index is 0.928.